The van der Waals surface area contributed by atoms with Gasteiger partial charge in [-0.1, -0.05) is 111 Å². The summed E-state index contributed by atoms with van der Waals surface area (Å²) in [5.74, 6) is 3.48. The molecule has 1 aliphatic carbocycles. The Bertz CT molecular complexity index is 1530. The van der Waals surface area contributed by atoms with Crippen LogP contribution >= 0.6 is 0 Å². The van der Waals surface area contributed by atoms with Gasteiger partial charge in [-0.3, -0.25) is 0 Å². The number of fused-ring (bicyclic) bond motifs is 8. The van der Waals surface area contributed by atoms with Crippen molar-refractivity contribution in [2.45, 2.75) is 39.5 Å². The molecule has 5 rings (SSSR count). The van der Waals surface area contributed by atoms with Crippen molar-refractivity contribution >= 4 is 0 Å². The lowest BCUT2D eigenvalue weighted by molar-refractivity contribution is 0.341. The maximum atomic E-state index is 6.52. The smallest absolute Gasteiger partial charge is 0.126 e. The first-order chi connectivity index (χ1) is 22.4. The summed E-state index contributed by atoms with van der Waals surface area (Å²) < 4.78 is 25.9. The predicted octanol–water partition coefficient (Wildman–Crippen LogP) is 9.40. The Morgan fingerprint density at radius 2 is 0.717 bits per heavy atom. The van der Waals surface area contributed by atoms with Crippen LogP contribution in [0.1, 0.15) is 58.4 Å². The highest BCUT2D eigenvalue weighted by molar-refractivity contribution is 5.56. The summed E-state index contributed by atoms with van der Waals surface area (Å²) in [6.07, 6.45) is 6.13. The summed E-state index contributed by atoms with van der Waals surface area (Å²) in [6, 6.07) is 25.6. The SMILES string of the molecule is C=CCOc1c2cccc1Cc1cccc(c1OCC(=C)C)Cc1cccc(c1OCC=C)Cc1cccc(c1OCC(=C)C)C2. The zero-order chi connectivity index (χ0) is 32.5. The summed E-state index contributed by atoms with van der Waals surface area (Å²) in [5.41, 5.74) is 10.6. The molecule has 0 atom stereocenters. The average Bonchev–Trinajstić information content (AvgIpc) is 3.03. The van der Waals surface area contributed by atoms with E-state index in [1.165, 1.54) is 0 Å². The summed E-state index contributed by atoms with van der Waals surface area (Å²) in [5, 5.41) is 0. The van der Waals surface area contributed by atoms with E-state index in [0.29, 0.717) is 52.1 Å². The Morgan fingerprint density at radius 1 is 0.478 bits per heavy atom. The lowest BCUT2D eigenvalue weighted by Crippen LogP contribution is -2.10. The molecule has 8 bridgehead atoms. The standard InChI is InChI=1S/C42H44O4/c1-7-21-43-39-31-13-9-14-32(39)24-36-18-12-20-38(42(36)46-28-30(5)6)26-34-16-10-15-33(40(34)44-22-8-2)25-37-19-11-17-35(23-31)41(37)45-27-29(3)4/h7-20H,1-3,5,21-28H2,4,6H3. The van der Waals surface area contributed by atoms with Crippen LogP contribution in [0.4, 0.5) is 0 Å². The molecule has 46 heavy (non-hydrogen) atoms. The van der Waals surface area contributed by atoms with E-state index in [1.807, 2.05) is 13.8 Å². The molecular formula is C42H44O4. The Morgan fingerprint density at radius 3 is 0.935 bits per heavy atom. The van der Waals surface area contributed by atoms with Crippen molar-refractivity contribution in [3.63, 3.8) is 0 Å². The molecule has 0 saturated heterocycles. The van der Waals surface area contributed by atoms with E-state index in [2.05, 4.69) is 99.1 Å². The monoisotopic (exact) mass is 612 g/mol. The van der Waals surface area contributed by atoms with Gasteiger partial charge in [-0.15, -0.1) is 0 Å². The van der Waals surface area contributed by atoms with E-state index in [4.69, 9.17) is 18.9 Å². The maximum absolute atomic E-state index is 6.52. The van der Waals surface area contributed by atoms with Crippen LogP contribution in [0.15, 0.2) is 122 Å². The molecule has 4 aromatic rings. The van der Waals surface area contributed by atoms with Crippen LogP contribution in [-0.4, -0.2) is 26.4 Å². The van der Waals surface area contributed by atoms with Crippen LogP contribution in [0.5, 0.6) is 23.0 Å². The molecule has 0 saturated carbocycles. The van der Waals surface area contributed by atoms with E-state index in [1.54, 1.807) is 12.2 Å². The van der Waals surface area contributed by atoms with Gasteiger partial charge in [0, 0.05) is 25.7 Å². The van der Waals surface area contributed by atoms with Gasteiger partial charge in [0.15, 0.2) is 0 Å². The van der Waals surface area contributed by atoms with Gasteiger partial charge in [0.05, 0.1) is 0 Å². The lowest BCUT2D eigenvalue weighted by Gasteiger charge is -2.22. The molecular weight excluding hydrogens is 568 g/mol. The van der Waals surface area contributed by atoms with Crippen LogP contribution < -0.4 is 18.9 Å². The van der Waals surface area contributed by atoms with Gasteiger partial charge in [-0.2, -0.15) is 0 Å². The summed E-state index contributed by atoms with van der Waals surface area (Å²) in [6.45, 7) is 21.7. The second-order valence-corrected chi connectivity index (χ2v) is 12.0. The Balaban J connectivity index is 1.76. The zero-order valence-electron chi connectivity index (χ0n) is 27.2. The molecule has 0 N–H and O–H groups in total. The summed E-state index contributed by atoms with van der Waals surface area (Å²) in [4.78, 5) is 0. The summed E-state index contributed by atoms with van der Waals surface area (Å²) in [7, 11) is 0. The molecule has 0 fully saturated rings. The van der Waals surface area contributed by atoms with Gasteiger partial charge < -0.3 is 18.9 Å². The molecule has 0 aromatic heterocycles. The molecule has 1 aliphatic rings. The third-order valence-corrected chi connectivity index (χ3v) is 7.85. The fourth-order valence-corrected chi connectivity index (χ4v) is 5.90. The molecule has 4 nitrogen and oxygen atoms in total. The first-order valence-electron chi connectivity index (χ1n) is 15.8. The molecule has 4 aromatic carbocycles. The molecule has 0 aliphatic heterocycles. The van der Waals surface area contributed by atoms with Crippen molar-refractivity contribution in [2.24, 2.45) is 0 Å². The van der Waals surface area contributed by atoms with Gasteiger partial charge in [0.1, 0.15) is 49.4 Å². The summed E-state index contributed by atoms with van der Waals surface area (Å²) >= 11 is 0. The van der Waals surface area contributed by atoms with Crippen molar-refractivity contribution in [3.8, 4) is 23.0 Å². The van der Waals surface area contributed by atoms with Crippen molar-refractivity contribution in [2.75, 3.05) is 26.4 Å². The molecule has 4 heteroatoms. The van der Waals surface area contributed by atoms with Crippen molar-refractivity contribution < 1.29 is 18.9 Å². The average molecular weight is 613 g/mol. The molecule has 0 spiro atoms. The number of hydrogen-bond acceptors (Lipinski definition) is 4. The fourth-order valence-electron chi connectivity index (χ4n) is 5.90. The van der Waals surface area contributed by atoms with Crippen LogP contribution in [0, 0.1) is 0 Å². The molecule has 0 unspecified atom stereocenters. The van der Waals surface area contributed by atoms with E-state index < -0.39 is 0 Å². The van der Waals surface area contributed by atoms with Gasteiger partial charge in [0.25, 0.3) is 0 Å². The minimum absolute atomic E-state index is 0.407. The van der Waals surface area contributed by atoms with E-state index in [-0.39, 0.29) is 0 Å². The lowest BCUT2D eigenvalue weighted by atomic mass is 9.91. The second kappa shape index (κ2) is 15.4. The normalized spacial score (nSPS) is 12.0. The van der Waals surface area contributed by atoms with Gasteiger partial charge in [-0.25, -0.2) is 0 Å². The minimum atomic E-state index is 0.407. The first-order valence-corrected chi connectivity index (χ1v) is 15.8. The second-order valence-electron chi connectivity index (χ2n) is 12.0. The van der Waals surface area contributed by atoms with Crippen LogP contribution in [-0.2, 0) is 25.7 Å². The van der Waals surface area contributed by atoms with E-state index in [9.17, 15) is 0 Å². The number of ether oxygens (including phenoxy) is 4. The highest BCUT2D eigenvalue weighted by Gasteiger charge is 2.21. The van der Waals surface area contributed by atoms with Crippen LogP contribution in [0.3, 0.4) is 0 Å². The zero-order valence-corrected chi connectivity index (χ0v) is 27.2. The van der Waals surface area contributed by atoms with Crippen LogP contribution in [0.2, 0.25) is 0 Å². The highest BCUT2D eigenvalue weighted by Crippen LogP contribution is 2.39. The third kappa shape index (κ3) is 7.81. The molecule has 236 valence electrons. The van der Waals surface area contributed by atoms with Crippen LogP contribution in [0.25, 0.3) is 0 Å². The number of benzene rings is 4. The van der Waals surface area contributed by atoms with Crippen molar-refractivity contribution in [1.82, 2.24) is 0 Å². The quantitative estimate of drug-likeness (QED) is 0.132. The number of rotatable bonds is 12. The van der Waals surface area contributed by atoms with Gasteiger partial charge in [-0.05, 0) is 69.5 Å². The van der Waals surface area contributed by atoms with E-state index >= 15 is 0 Å². The van der Waals surface area contributed by atoms with Gasteiger partial charge in [0.2, 0.25) is 0 Å². The Hall–Kier alpha value is -4.96. The largest absolute Gasteiger partial charge is 0.489 e. The number of para-hydroxylation sites is 4. The first kappa shape index (κ1) is 32.4. The van der Waals surface area contributed by atoms with Crippen molar-refractivity contribution in [3.05, 3.63) is 167 Å². The predicted molar refractivity (Wildman–Crippen MR) is 189 cm³/mol. The maximum Gasteiger partial charge on any atom is 0.126 e. The van der Waals surface area contributed by atoms with Gasteiger partial charge >= 0.3 is 0 Å². The third-order valence-electron chi connectivity index (χ3n) is 7.85. The molecule has 0 heterocycles. The Labute approximate surface area is 274 Å². The molecule has 0 radical (unpaired) electrons. The van der Waals surface area contributed by atoms with E-state index in [0.717, 1.165) is 78.7 Å². The van der Waals surface area contributed by atoms with Crippen molar-refractivity contribution in [1.29, 1.82) is 0 Å². The fraction of sp³-hybridized carbons (Fsp3) is 0.238. The molecule has 0 amide bonds. The number of hydrogen-bond donors (Lipinski definition) is 0. The topological polar surface area (TPSA) is 36.9 Å². The minimum Gasteiger partial charge on any atom is -0.489 e. The Kier molecular flexibility index (Phi) is 10.8. The highest BCUT2D eigenvalue weighted by atomic mass is 16.5.